The fourth-order valence-electron chi connectivity index (χ4n) is 3.86. The lowest BCUT2D eigenvalue weighted by Crippen LogP contribution is -2.03. The highest BCUT2D eigenvalue weighted by Gasteiger charge is 2.13. The fourth-order valence-corrected chi connectivity index (χ4v) is 3.86. The van der Waals surface area contributed by atoms with Gasteiger partial charge in [0.05, 0.1) is 0 Å². The van der Waals surface area contributed by atoms with Crippen molar-refractivity contribution in [2.24, 2.45) is 0 Å². The quantitative estimate of drug-likeness (QED) is 0.606. The average molecular weight is 360 g/mol. The van der Waals surface area contributed by atoms with Gasteiger partial charge in [-0.3, -0.25) is 0 Å². The Balaban J connectivity index is 2.03. The number of hydrogen-bond acceptors (Lipinski definition) is 2. The van der Waals surface area contributed by atoms with Gasteiger partial charge in [0.25, 0.3) is 0 Å². The highest BCUT2D eigenvalue weighted by Crippen LogP contribution is 2.29. The zero-order valence-corrected chi connectivity index (χ0v) is 16.6. The normalized spacial score (nSPS) is 11.0. The Bertz CT molecular complexity index is 896. The highest BCUT2D eigenvalue weighted by molar-refractivity contribution is 5.48. The van der Waals surface area contributed by atoms with Crippen LogP contribution >= 0.6 is 0 Å². The van der Waals surface area contributed by atoms with Crippen LogP contribution < -0.4 is 0 Å². The number of hydrogen-bond donors (Lipinski definition) is 2. The molecule has 0 saturated carbocycles. The van der Waals surface area contributed by atoms with Crippen LogP contribution in [-0.4, -0.2) is 10.2 Å². The second-order valence-electron chi connectivity index (χ2n) is 7.53. The first-order valence-corrected chi connectivity index (χ1v) is 9.55. The van der Waals surface area contributed by atoms with E-state index in [1.54, 1.807) is 12.1 Å². The average Bonchev–Trinajstić information content (AvgIpc) is 2.61. The van der Waals surface area contributed by atoms with Crippen LogP contribution in [0, 0.1) is 20.8 Å². The van der Waals surface area contributed by atoms with E-state index >= 15 is 0 Å². The van der Waals surface area contributed by atoms with Crippen molar-refractivity contribution in [3.63, 3.8) is 0 Å². The molecule has 2 nitrogen and oxygen atoms in total. The Labute approximate surface area is 162 Å². The summed E-state index contributed by atoms with van der Waals surface area (Å²) in [7, 11) is 0. The van der Waals surface area contributed by atoms with Gasteiger partial charge < -0.3 is 10.2 Å². The van der Waals surface area contributed by atoms with Crippen molar-refractivity contribution in [3.8, 4) is 11.5 Å². The Morgan fingerprint density at radius 2 is 1.00 bits per heavy atom. The summed E-state index contributed by atoms with van der Waals surface area (Å²) in [6, 6.07) is 16.0. The first kappa shape index (κ1) is 19.0. The Morgan fingerprint density at radius 1 is 0.593 bits per heavy atom. The molecule has 0 aliphatic carbocycles. The van der Waals surface area contributed by atoms with Gasteiger partial charge >= 0.3 is 0 Å². The van der Waals surface area contributed by atoms with Gasteiger partial charge in [-0.15, -0.1) is 0 Å². The molecule has 0 radical (unpaired) electrons. The minimum absolute atomic E-state index is 0.349. The molecule has 0 aliphatic heterocycles. The van der Waals surface area contributed by atoms with Crippen LogP contribution in [0.15, 0.2) is 48.5 Å². The molecule has 0 saturated heterocycles. The van der Waals surface area contributed by atoms with Gasteiger partial charge in [-0.1, -0.05) is 60.0 Å². The summed E-state index contributed by atoms with van der Waals surface area (Å²) >= 11 is 0. The zero-order chi connectivity index (χ0) is 19.6. The molecule has 0 unspecified atom stereocenters. The minimum atomic E-state index is 0.349. The van der Waals surface area contributed by atoms with Crippen molar-refractivity contribution in [1.29, 1.82) is 0 Å². The van der Waals surface area contributed by atoms with Crippen LogP contribution in [0.1, 0.15) is 51.4 Å². The van der Waals surface area contributed by atoms with E-state index in [2.05, 4.69) is 38.1 Å². The Kier molecular flexibility index (Phi) is 5.55. The third kappa shape index (κ3) is 4.33. The van der Waals surface area contributed by atoms with Crippen molar-refractivity contribution in [3.05, 3.63) is 93.0 Å². The molecular formula is C25H28O2. The van der Waals surface area contributed by atoms with E-state index in [0.29, 0.717) is 24.3 Å². The Morgan fingerprint density at radius 3 is 1.41 bits per heavy atom. The number of rotatable bonds is 5. The predicted octanol–water partition coefficient (Wildman–Crippen LogP) is 5.77. The second kappa shape index (κ2) is 7.87. The van der Waals surface area contributed by atoms with E-state index < -0.39 is 0 Å². The molecule has 140 valence electrons. The first-order valence-electron chi connectivity index (χ1n) is 9.55. The van der Waals surface area contributed by atoms with Gasteiger partial charge in [0.1, 0.15) is 11.5 Å². The number of aromatic hydroxyl groups is 2. The molecule has 0 heterocycles. The summed E-state index contributed by atoms with van der Waals surface area (Å²) in [5, 5.41) is 20.5. The molecule has 0 fully saturated rings. The molecule has 0 spiro atoms. The molecule has 3 aromatic rings. The molecule has 3 aromatic carbocycles. The Hall–Kier alpha value is -2.74. The molecule has 0 bridgehead atoms. The molecule has 27 heavy (non-hydrogen) atoms. The molecule has 2 N–H and O–H groups in total. The fraction of sp³-hybridized carbons (Fsp3) is 0.280. The van der Waals surface area contributed by atoms with Gasteiger partial charge in [0, 0.05) is 12.8 Å². The van der Waals surface area contributed by atoms with Gasteiger partial charge in [0.15, 0.2) is 0 Å². The summed E-state index contributed by atoms with van der Waals surface area (Å²) in [5.41, 5.74) is 9.23. The van der Waals surface area contributed by atoms with Crippen molar-refractivity contribution < 1.29 is 10.2 Å². The lowest BCUT2D eigenvalue weighted by atomic mass is 9.88. The molecule has 0 amide bonds. The van der Waals surface area contributed by atoms with Gasteiger partial charge in [-0.25, -0.2) is 0 Å². The van der Waals surface area contributed by atoms with Crippen LogP contribution in [-0.2, 0) is 19.3 Å². The van der Waals surface area contributed by atoms with E-state index in [4.69, 9.17) is 0 Å². The van der Waals surface area contributed by atoms with Crippen LogP contribution in [0.5, 0.6) is 11.5 Å². The SMILES string of the molecule is CCc1c(Cc2cc(C)ccc2O)cc(C)cc1Cc1cc(C)ccc1O. The van der Waals surface area contributed by atoms with Crippen molar-refractivity contribution in [2.75, 3.05) is 0 Å². The number of phenolic OH excluding ortho intramolecular Hbond substituents is 2. The highest BCUT2D eigenvalue weighted by atomic mass is 16.3. The maximum atomic E-state index is 10.3. The van der Waals surface area contributed by atoms with E-state index in [1.165, 1.54) is 22.3 Å². The summed E-state index contributed by atoms with van der Waals surface area (Å²) in [6.07, 6.45) is 2.35. The van der Waals surface area contributed by atoms with Crippen LogP contribution in [0.2, 0.25) is 0 Å². The van der Waals surface area contributed by atoms with Crippen LogP contribution in [0.25, 0.3) is 0 Å². The minimum Gasteiger partial charge on any atom is -0.508 e. The summed E-state index contributed by atoms with van der Waals surface area (Å²) in [4.78, 5) is 0. The third-order valence-electron chi connectivity index (χ3n) is 5.16. The summed E-state index contributed by atoms with van der Waals surface area (Å²) < 4.78 is 0. The predicted molar refractivity (Wildman–Crippen MR) is 112 cm³/mol. The van der Waals surface area contributed by atoms with Crippen LogP contribution in [0.4, 0.5) is 0 Å². The van der Waals surface area contributed by atoms with Crippen LogP contribution in [0.3, 0.4) is 0 Å². The lowest BCUT2D eigenvalue weighted by molar-refractivity contribution is 0.469. The maximum absolute atomic E-state index is 10.3. The first-order chi connectivity index (χ1) is 12.9. The zero-order valence-electron chi connectivity index (χ0n) is 16.6. The van der Waals surface area contributed by atoms with E-state index in [-0.39, 0.29) is 0 Å². The largest absolute Gasteiger partial charge is 0.508 e. The molecule has 0 atom stereocenters. The van der Waals surface area contributed by atoms with Gasteiger partial charge in [-0.2, -0.15) is 0 Å². The van der Waals surface area contributed by atoms with E-state index in [0.717, 1.165) is 28.7 Å². The molecule has 0 aromatic heterocycles. The third-order valence-corrected chi connectivity index (χ3v) is 5.16. The smallest absolute Gasteiger partial charge is 0.119 e. The summed E-state index contributed by atoms with van der Waals surface area (Å²) in [6.45, 7) is 8.38. The summed E-state index contributed by atoms with van der Waals surface area (Å²) in [5.74, 6) is 0.698. The van der Waals surface area contributed by atoms with E-state index in [9.17, 15) is 10.2 Å². The number of benzene rings is 3. The molecular weight excluding hydrogens is 332 g/mol. The van der Waals surface area contributed by atoms with Gasteiger partial charge in [0.2, 0.25) is 0 Å². The molecule has 3 rings (SSSR count). The second-order valence-corrected chi connectivity index (χ2v) is 7.53. The standard InChI is InChI=1S/C25H28O2/c1-5-23-19(14-21-10-16(2)6-8-24(21)26)12-18(4)13-20(23)15-22-11-17(3)7-9-25(22)27/h6-13,26-27H,5,14-15H2,1-4H3. The number of phenols is 2. The van der Waals surface area contributed by atoms with Crippen molar-refractivity contribution in [1.82, 2.24) is 0 Å². The number of aryl methyl sites for hydroxylation is 3. The van der Waals surface area contributed by atoms with Crippen molar-refractivity contribution in [2.45, 2.75) is 47.0 Å². The van der Waals surface area contributed by atoms with Crippen molar-refractivity contribution >= 4 is 0 Å². The monoisotopic (exact) mass is 360 g/mol. The molecule has 2 heteroatoms. The topological polar surface area (TPSA) is 40.5 Å². The molecule has 0 aliphatic rings. The van der Waals surface area contributed by atoms with Gasteiger partial charge in [-0.05, 0) is 67.1 Å². The van der Waals surface area contributed by atoms with E-state index in [1.807, 2.05) is 26.0 Å². The lowest BCUT2D eigenvalue weighted by Gasteiger charge is -2.17. The maximum Gasteiger partial charge on any atom is 0.119 e.